The third-order valence-corrected chi connectivity index (χ3v) is 2.48. The summed E-state index contributed by atoms with van der Waals surface area (Å²) in [6.07, 6.45) is 1.12. The first kappa shape index (κ1) is 9.98. The van der Waals surface area contributed by atoms with E-state index in [9.17, 15) is 4.79 Å². The first-order valence-electron chi connectivity index (χ1n) is 4.90. The molecular weight excluding hydrogens is 194 g/mol. The van der Waals surface area contributed by atoms with E-state index in [2.05, 4.69) is 5.32 Å². The van der Waals surface area contributed by atoms with Gasteiger partial charge in [0.15, 0.2) is 0 Å². The lowest BCUT2D eigenvalue weighted by molar-refractivity contribution is 0.178. The first-order chi connectivity index (χ1) is 7.24. The second-order valence-corrected chi connectivity index (χ2v) is 3.77. The molecule has 1 aliphatic carbocycles. The van der Waals surface area contributed by atoms with Gasteiger partial charge in [0.05, 0.1) is 12.1 Å². The van der Waals surface area contributed by atoms with Gasteiger partial charge in [-0.05, 0) is 25.0 Å². The van der Waals surface area contributed by atoms with Crippen molar-refractivity contribution in [2.75, 3.05) is 6.61 Å². The Kier molecular flexibility index (Phi) is 2.60. The Morgan fingerprint density at radius 2 is 2.07 bits per heavy atom. The normalized spacial score (nSPS) is 16.9. The van der Waals surface area contributed by atoms with E-state index in [0.29, 0.717) is 5.75 Å². The van der Waals surface area contributed by atoms with Crippen molar-refractivity contribution in [2.24, 2.45) is 0 Å². The van der Waals surface area contributed by atoms with Crippen LogP contribution in [-0.4, -0.2) is 23.3 Å². The van der Waals surface area contributed by atoms with Gasteiger partial charge < -0.3 is 15.2 Å². The van der Waals surface area contributed by atoms with Crippen molar-refractivity contribution in [3.8, 4) is 5.75 Å². The van der Waals surface area contributed by atoms with Crippen molar-refractivity contribution in [2.45, 2.75) is 18.4 Å². The van der Waals surface area contributed by atoms with E-state index in [1.54, 1.807) is 24.3 Å². The van der Waals surface area contributed by atoms with Gasteiger partial charge in [-0.3, -0.25) is 0 Å². The van der Waals surface area contributed by atoms with Gasteiger partial charge in [0.2, 0.25) is 0 Å². The van der Waals surface area contributed by atoms with Gasteiger partial charge in [-0.2, -0.15) is 0 Å². The second-order valence-electron chi connectivity index (χ2n) is 3.77. The Morgan fingerprint density at radius 1 is 1.40 bits per heavy atom. The molecule has 4 heteroatoms. The van der Waals surface area contributed by atoms with Crippen molar-refractivity contribution >= 4 is 6.09 Å². The van der Waals surface area contributed by atoms with Crippen LogP contribution in [0.3, 0.4) is 0 Å². The fraction of sp³-hybridized carbons (Fsp3) is 0.364. The minimum atomic E-state index is -0.507. The van der Waals surface area contributed by atoms with E-state index in [1.807, 2.05) is 6.07 Å². The molecule has 0 unspecified atom stereocenters. The maximum Gasteiger partial charge on any atom is 0.413 e. The molecular formula is C11H13NO3. The summed E-state index contributed by atoms with van der Waals surface area (Å²) in [6.45, 7) is -0.0309. The predicted octanol–water partition coefficient (Wildman–Crippen LogP) is 1.30. The zero-order chi connectivity index (χ0) is 10.7. The van der Waals surface area contributed by atoms with Gasteiger partial charge in [0.25, 0.3) is 0 Å². The maximum atomic E-state index is 11.4. The van der Waals surface area contributed by atoms with Crippen LogP contribution in [0.4, 0.5) is 4.79 Å². The zero-order valence-electron chi connectivity index (χ0n) is 8.27. The van der Waals surface area contributed by atoms with E-state index < -0.39 is 11.6 Å². The minimum Gasteiger partial charge on any atom is -0.410 e. The van der Waals surface area contributed by atoms with Crippen LogP contribution < -0.4 is 10.1 Å². The molecule has 1 fully saturated rings. The molecule has 0 bridgehead atoms. The Balaban J connectivity index is 1.88. The van der Waals surface area contributed by atoms with Crippen LogP contribution in [-0.2, 0) is 0 Å². The van der Waals surface area contributed by atoms with Crippen molar-refractivity contribution in [3.63, 3.8) is 0 Å². The fourth-order valence-corrected chi connectivity index (χ4v) is 1.31. The second kappa shape index (κ2) is 3.90. The monoisotopic (exact) mass is 207 g/mol. The van der Waals surface area contributed by atoms with Crippen LogP contribution in [0.2, 0.25) is 0 Å². The number of amides is 1. The van der Waals surface area contributed by atoms with Crippen LogP contribution in [0.15, 0.2) is 30.3 Å². The van der Waals surface area contributed by atoms with E-state index in [-0.39, 0.29) is 6.61 Å². The van der Waals surface area contributed by atoms with E-state index in [0.717, 1.165) is 12.8 Å². The molecule has 0 spiro atoms. The van der Waals surface area contributed by atoms with Gasteiger partial charge in [-0.1, -0.05) is 18.2 Å². The molecule has 0 heterocycles. The third kappa shape index (κ3) is 2.47. The predicted molar refractivity (Wildman–Crippen MR) is 54.7 cm³/mol. The number of aliphatic hydroxyl groups excluding tert-OH is 1. The summed E-state index contributed by atoms with van der Waals surface area (Å²) in [4.78, 5) is 11.4. The number of hydrogen-bond acceptors (Lipinski definition) is 3. The van der Waals surface area contributed by atoms with E-state index in [4.69, 9.17) is 9.84 Å². The summed E-state index contributed by atoms with van der Waals surface area (Å²) in [5.41, 5.74) is -0.425. The molecule has 1 saturated carbocycles. The zero-order valence-corrected chi connectivity index (χ0v) is 8.27. The average molecular weight is 207 g/mol. The van der Waals surface area contributed by atoms with E-state index in [1.165, 1.54) is 0 Å². The number of rotatable bonds is 3. The number of hydrogen-bond donors (Lipinski definition) is 2. The number of nitrogens with one attached hydrogen (secondary N) is 1. The number of para-hydroxylation sites is 1. The summed E-state index contributed by atoms with van der Waals surface area (Å²) in [5, 5.41) is 11.7. The molecule has 2 rings (SSSR count). The molecule has 0 aromatic heterocycles. The standard InChI is InChI=1S/C11H13NO3/c13-8-11(6-7-11)12-10(14)15-9-4-2-1-3-5-9/h1-5,13H,6-8H2,(H,12,14). The van der Waals surface area contributed by atoms with Gasteiger partial charge in [-0.25, -0.2) is 4.79 Å². The molecule has 2 N–H and O–H groups in total. The van der Waals surface area contributed by atoms with Crippen molar-refractivity contribution in [3.05, 3.63) is 30.3 Å². The summed E-state index contributed by atoms with van der Waals surface area (Å²) in [7, 11) is 0. The molecule has 15 heavy (non-hydrogen) atoms. The molecule has 1 aromatic rings. The summed E-state index contributed by atoms with van der Waals surface area (Å²) >= 11 is 0. The quantitative estimate of drug-likeness (QED) is 0.785. The highest BCUT2D eigenvalue weighted by atomic mass is 16.6. The van der Waals surface area contributed by atoms with Gasteiger partial charge >= 0.3 is 6.09 Å². The Hall–Kier alpha value is -1.55. The highest BCUT2D eigenvalue weighted by Gasteiger charge is 2.44. The molecule has 0 saturated heterocycles. The molecule has 0 aliphatic heterocycles. The molecule has 0 atom stereocenters. The molecule has 80 valence electrons. The Bertz CT molecular complexity index is 346. The Labute approximate surface area is 87.9 Å². The Morgan fingerprint density at radius 3 is 2.60 bits per heavy atom. The van der Waals surface area contributed by atoms with E-state index >= 15 is 0 Å². The minimum absolute atomic E-state index is 0.0309. The maximum absolute atomic E-state index is 11.4. The number of benzene rings is 1. The SMILES string of the molecule is O=C(NC1(CO)CC1)Oc1ccccc1. The van der Waals surface area contributed by atoms with Crippen LogP contribution in [0.5, 0.6) is 5.75 Å². The van der Waals surface area contributed by atoms with Crippen LogP contribution >= 0.6 is 0 Å². The van der Waals surface area contributed by atoms with Gasteiger partial charge in [0.1, 0.15) is 5.75 Å². The molecule has 1 amide bonds. The third-order valence-electron chi connectivity index (χ3n) is 2.48. The molecule has 1 aliphatic rings. The average Bonchev–Trinajstić information content (AvgIpc) is 3.00. The molecule has 1 aromatic carbocycles. The smallest absolute Gasteiger partial charge is 0.410 e. The van der Waals surface area contributed by atoms with Crippen LogP contribution in [0, 0.1) is 0 Å². The summed E-state index contributed by atoms with van der Waals surface area (Å²) < 4.78 is 5.03. The molecule has 4 nitrogen and oxygen atoms in total. The number of aliphatic hydroxyl groups is 1. The number of ether oxygens (including phenoxy) is 1. The number of carbonyl (C=O) groups excluding carboxylic acids is 1. The summed E-state index contributed by atoms with van der Waals surface area (Å²) in [6, 6.07) is 8.85. The van der Waals surface area contributed by atoms with Gasteiger partial charge in [0, 0.05) is 0 Å². The van der Waals surface area contributed by atoms with Crippen molar-refractivity contribution < 1.29 is 14.6 Å². The van der Waals surface area contributed by atoms with Crippen LogP contribution in [0.1, 0.15) is 12.8 Å². The topological polar surface area (TPSA) is 58.6 Å². The van der Waals surface area contributed by atoms with Gasteiger partial charge in [-0.15, -0.1) is 0 Å². The first-order valence-corrected chi connectivity index (χ1v) is 4.90. The summed E-state index contributed by atoms with van der Waals surface area (Å²) in [5.74, 6) is 0.503. The lowest BCUT2D eigenvalue weighted by Crippen LogP contribution is -2.41. The highest BCUT2D eigenvalue weighted by molar-refractivity contribution is 5.71. The van der Waals surface area contributed by atoms with Crippen molar-refractivity contribution in [1.29, 1.82) is 0 Å². The lowest BCUT2D eigenvalue weighted by Gasteiger charge is -2.13. The van der Waals surface area contributed by atoms with Crippen molar-refractivity contribution in [1.82, 2.24) is 5.32 Å². The lowest BCUT2D eigenvalue weighted by atomic mass is 10.3. The molecule has 0 radical (unpaired) electrons. The largest absolute Gasteiger partial charge is 0.413 e. The fourth-order valence-electron chi connectivity index (χ4n) is 1.31. The highest BCUT2D eigenvalue weighted by Crippen LogP contribution is 2.34. The van der Waals surface area contributed by atoms with Crippen LogP contribution in [0.25, 0.3) is 0 Å². The number of carbonyl (C=O) groups is 1.